The second-order valence-electron chi connectivity index (χ2n) is 36.8. The lowest BCUT2D eigenvalue weighted by Crippen LogP contribution is -2.61. The molecule has 25 N–H and O–H groups in total. The van der Waals surface area contributed by atoms with Gasteiger partial charge in [-0.1, -0.05) is 123 Å². The third-order valence-corrected chi connectivity index (χ3v) is 27.7. The summed E-state index contributed by atoms with van der Waals surface area (Å²) in [6.45, 7) is 10.8. The number of fused-ring (bicyclic) bond motifs is 1. The highest BCUT2D eigenvalue weighted by atomic mass is 35.5. The molecular formula is C93H144ClN23O21S2. The molecule has 0 aliphatic carbocycles. The minimum Gasteiger partial charge on any atom is -0.481 e. The molecule has 47 heteroatoms. The second-order valence-corrected chi connectivity index (χ2v) is 39.9. The number of nitrogens with one attached hydrogen (secondary N) is 15. The van der Waals surface area contributed by atoms with E-state index in [0.29, 0.717) is 56.1 Å². The van der Waals surface area contributed by atoms with Crippen LogP contribution in [0.3, 0.4) is 0 Å². The molecule has 5 aliphatic rings. The van der Waals surface area contributed by atoms with Crippen LogP contribution in [0, 0.1) is 17.2 Å². The number of benzene rings is 2. The van der Waals surface area contributed by atoms with Crippen molar-refractivity contribution >= 4 is 151 Å². The van der Waals surface area contributed by atoms with Crippen molar-refractivity contribution in [3.05, 3.63) is 70.7 Å². The Labute approximate surface area is 828 Å². The first-order valence-electron chi connectivity index (χ1n) is 48.5. The average Bonchev–Trinajstić information content (AvgIpc) is 1.65. The van der Waals surface area contributed by atoms with Gasteiger partial charge in [-0.2, -0.15) is 0 Å². The summed E-state index contributed by atoms with van der Waals surface area (Å²) in [5, 5.41) is 66.3. The summed E-state index contributed by atoms with van der Waals surface area (Å²) >= 11 is 6.54. The van der Waals surface area contributed by atoms with Crippen LogP contribution in [-0.2, 0) is 104 Å². The maximum absolute atomic E-state index is 15.7. The predicted molar refractivity (Wildman–Crippen MR) is 522 cm³/mol. The van der Waals surface area contributed by atoms with E-state index in [1.54, 1.807) is 82.3 Å². The van der Waals surface area contributed by atoms with Crippen LogP contribution < -0.4 is 97.4 Å². The van der Waals surface area contributed by atoms with Crippen LogP contribution in [0.4, 0.5) is 0 Å². The molecule has 5 saturated heterocycles. The Balaban J connectivity index is 1.34. The van der Waals surface area contributed by atoms with Gasteiger partial charge >= 0.3 is 5.97 Å². The zero-order valence-electron chi connectivity index (χ0n) is 80.9. The zero-order valence-corrected chi connectivity index (χ0v) is 83.2. The lowest BCUT2D eigenvalue weighted by Gasteiger charge is -2.33. The lowest BCUT2D eigenvalue weighted by molar-refractivity contribution is -0.148. The summed E-state index contributed by atoms with van der Waals surface area (Å²) in [7, 11) is 1.93. The van der Waals surface area contributed by atoms with Crippen LogP contribution >= 0.6 is 33.2 Å². The van der Waals surface area contributed by atoms with E-state index in [2.05, 4.69) is 74.4 Å². The van der Waals surface area contributed by atoms with Gasteiger partial charge in [0.25, 0.3) is 0 Å². The van der Waals surface area contributed by atoms with Gasteiger partial charge in [0.15, 0.2) is 5.96 Å². The van der Waals surface area contributed by atoms with E-state index in [1.807, 2.05) is 6.92 Å². The Morgan fingerprint density at radius 3 is 1.71 bits per heavy atom. The van der Waals surface area contributed by atoms with Gasteiger partial charge in [0.1, 0.15) is 103 Å². The fourth-order valence-electron chi connectivity index (χ4n) is 17.5. The van der Waals surface area contributed by atoms with Gasteiger partial charge in [0.05, 0.1) is 6.61 Å². The van der Waals surface area contributed by atoms with Crippen molar-refractivity contribution in [2.75, 3.05) is 63.9 Å². The molecule has 5 aliphatic heterocycles. The molecule has 0 bridgehead atoms. The predicted octanol–water partition coefficient (Wildman–Crippen LogP) is -2.03. The van der Waals surface area contributed by atoms with Gasteiger partial charge in [-0.25, -0.2) is 0 Å². The van der Waals surface area contributed by atoms with Gasteiger partial charge in [0.2, 0.25) is 106 Å². The number of carbonyl (C=O) groups is 19. The molecule has 5 heterocycles. The fraction of sp³-hybridized carbons (Fsp3) is 0.656. The fourth-order valence-corrected chi connectivity index (χ4v) is 19.9. The minimum absolute atomic E-state index is 0.00894. The van der Waals surface area contributed by atoms with Crippen molar-refractivity contribution < 1.29 is 101 Å². The number of aliphatic hydroxyl groups excluding tert-OH is 1. The summed E-state index contributed by atoms with van der Waals surface area (Å²) < 4.78 is 0. The van der Waals surface area contributed by atoms with E-state index < -0.39 is 252 Å². The number of likely N-dealkylation sites (tertiary alicyclic amines) is 3. The number of unbranched alkanes of at least 4 members (excludes halogenated alkanes) is 3. The van der Waals surface area contributed by atoms with Gasteiger partial charge in [-0.05, 0) is 184 Å². The van der Waals surface area contributed by atoms with E-state index in [0.717, 1.165) is 21.6 Å². The van der Waals surface area contributed by atoms with Crippen molar-refractivity contribution in [1.29, 1.82) is 5.41 Å². The highest BCUT2D eigenvalue weighted by molar-refractivity contribution is 8.76. The summed E-state index contributed by atoms with van der Waals surface area (Å²) in [5.74, 6) is -18.2. The van der Waals surface area contributed by atoms with Gasteiger partial charge in [-0.15, -0.1) is 0 Å². The smallest absolute Gasteiger partial charge is 0.303 e. The summed E-state index contributed by atoms with van der Waals surface area (Å²) in [4.78, 5) is 281. The number of rotatable bonds is 39. The van der Waals surface area contributed by atoms with Crippen molar-refractivity contribution in [3.63, 3.8) is 0 Å². The topological polar surface area (TPSA) is 674 Å². The van der Waals surface area contributed by atoms with Crippen molar-refractivity contribution in [1.82, 2.24) is 94.0 Å². The third-order valence-electron chi connectivity index (χ3n) is 25.0. The van der Waals surface area contributed by atoms with E-state index in [-0.39, 0.29) is 166 Å². The molecule has 44 nitrogen and oxygen atoms in total. The highest BCUT2D eigenvalue weighted by Crippen LogP contribution is 2.30. The number of aliphatic carboxylic acids is 1. The van der Waals surface area contributed by atoms with Crippen molar-refractivity contribution in [2.24, 2.45) is 34.8 Å². The molecule has 2 unspecified atom stereocenters. The molecular weight excluding hydrogens is 1870 g/mol. The van der Waals surface area contributed by atoms with Crippen molar-refractivity contribution in [3.8, 4) is 0 Å². The molecule has 0 radical (unpaired) electrons. The number of nitrogens with zero attached hydrogens (tertiary/aromatic N) is 4. The van der Waals surface area contributed by atoms with E-state index in [9.17, 15) is 67.7 Å². The average molecular weight is 2020 g/mol. The normalized spacial score (nSPS) is 24.1. The number of hydrogen-bond acceptors (Lipinski definition) is 25. The Kier molecular flexibility index (Phi) is 48.4. The zero-order chi connectivity index (χ0) is 103. The summed E-state index contributed by atoms with van der Waals surface area (Å²) in [6.07, 6.45) is 1.79. The molecule has 2 aromatic rings. The molecule has 17 atom stereocenters. The maximum Gasteiger partial charge on any atom is 0.303 e. The van der Waals surface area contributed by atoms with E-state index in [1.165, 1.54) is 33.4 Å². The molecule has 18 amide bonds. The number of carbonyl (C=O) groups excluding carboxylic acids is 18. The first-order valence-corrected chi connectivity index (χ1v) is 51.3. The van der Waals surface area contributed by atoms with Gasteiger partial charge in [0, 0.05) is 75.4 Å². The van der Waals surface area contributed by atoms with E-state index >= 15 is 33.6 Å². The third kappa shape index (κ3) is 36.2. The number of amides is 18. The Bertz CT molecular complexity index is 4620. The lowest BCUT2D eigenvalue weighted by atomic mass is 10.0. The number of guanidine groups is 1. The number of nitrogens with two attached hydrogens (primary N) is 4. The maximum atomic E-state index is 15.7. The number of primary amides is 1. The van der Waals surface area contributed by atoms with Crippen LogP contribution in [0.2, 0.25) is 5.02 Å². The first kappa shape index (κ1) is 115. The summed E-state index contributed by atoms with van der Waals surface area (Å²) in [5.41, 5.74) is 24.1. The molecule has 0 aromatic heterocycles. The van der Waals surface area contributed by atoms with Crippen LogP contribution in [0.5, 0.6) is 0 Å². The van der Waals surface area contributed by atoms with Crippen molar-refractivity contribution in [2.45, 2.75) is 312 Å². The molecule has 5 fully saturated rings. The number of aliphatic hydroxyl groups is 1. The largest absolute Gasteiger partial charge is 0.481 e. The first-order chi connectivity index (χ1) is 66.7. The molecule has 0 saturated carbocycles. The Hall–Kier alpha value is -11.5. The second kappa shape index (κ2) is 58.7. The van der Waals surface area contributed by atoms with Gasteiger partial charge < -0.3 is 127 Å². The Morgan fingerprint density at radius 1 is 0.550 bits per heavy atom. The summed E-state index contributed by atoms with van der Waals surface area (Å²) in [6, 6.07) is -9.66. The molecule has 140 heavy (non-hydrogen) atoms. The molecule has 7 rings (SSSR count). The molecule has 0 spiro atoms. The quantitative estimate of drug-likeness (QED) is 0.0149. The van der Waals surface area contributed by atoms with Crippen LogP contribution in [0.25, 0.3) is 0 Å². The molecule has 2 aromatic carbocycles. The number of carboxylic acids is 1. The standard InChI is InChI=1S/C93H144ClN23O21S2/c1-8-9-27-63-89(135)114-41-19-31-70(114)86(132)101-54(6)77(123)112-68(50-118)84(130)110-66(48-56-23-11-10-12-24-56)83(129)113-69(85(131)108-64(29-14-16-39-96)90(136)117-44-22-34-73(117)91(137)115-42-20-32-71(115)87(133)103-59(76(97)122)35-36-74(120)121)51-140-139-45-37-62(80(126)109-65(46-52(2)3)81(127)105-61(30-18-40-100-93(98)99)78(124)104-60(79(125)107-63)28-13-15-38-95)106-82(128)67(49-57-25-17-26-58(94)47-57)111-88(134)72-33-21-43-116(72)92(138)75(53(4)5)102-55(7)119/h10-12,17,23-26,47,52-54,59-73,75,118H,8-9,13-16,18-22,27-46,48-51,95-96H2,1-7H3,(H2,97,122)(H,101,132)(H,102,119)(H,103,133)(H,104,124)(H,105,127)(H,106,128)(H,107,125)(H,108,131)(H,109,126)(H,110,130)(H,111,134)(H,112,123)(H,113,129)(H,120,121)(H4,98,99,100)/t54-,59-,60-,61-,62-,63-,64-,65-,66-,67-,68?,69?,70-,71-,72-,73-,75-/m0/s1. The SMILES string of the molecule is CCCC[C@@H]1NC(=O)[C@H](CCCCN)NC(=O)[C@H](CCCNC(=N)N)NC(=O)[C@H](CC(C)C)NC(=O)[C@@H](NC(=O)[C@H](Cc2cccc(Cl)c2)NC(=O)[C@@H]2CCCN2C(=O)[C@@H](NC(C)=O)C(C)C)CCSSCC(C(=O)N[C@@H](CCCCN)C(=O)N2CCC[C@H]2C(=O)N2CCC[C@H]2C(=O)N[C@@H](CCC(=O)O)C(N)=O)NC(=O)[C@H](Cc2ccccc2)NC(=O)C(CO)NC(=O)[C@H](C)NC(=O)[C@@H]2CCCN2C1=O. The van der Waals surface area contributed by atoms with Crippen LogP contribution in [-0.4, -0.2) is 315 Å². The highest BCUT2D eigenvalue weighted by Gasteiger charge is 2.48. The Morgan fingerprint density at radius 2 is 1.10 bits per heavy atom. The minimum atomic E-state index is -1.84. The van der Waals surface area contributed by atoms with Crippen LogP contribution in [0.1, 0.15) is 207 Å². The van der Waals surface area contributed by atoms with E-state index in [4.69, 9.17) is 39.9 Å². The van der Waals surface area contributed by atoms with Gasteiger partial charge in [-0.3, -0.25) is 96.5 Å². The number of carboxylic acid groups (broad SMARTS) is 1. The van der Waals surface area contributed by atoms with Crippen LogP contribution in [0.15, 0.2) is 54.6 Å². The number of hydrogen-bond donors (Lipinski definition) is 21. The number of halogens is 1. The monoisotopic (exact) mass is 2020 g/mol. The molecule has 776 valence electrons.